The standard InChI is InChI=1S/C12H18BrNO2S/c1-2-8-14-9-5-10-17(15,16)12-7-4-3-6-11(12)13/h3-4,6-7,14H,2,5,8-10H2,1H3. The van der Waals surface area contributed by atoms with Crippen LogP contribution in [0.2, 0.25) is 0 Å². The highest BCUT2D eigenvalue weighted by atomic mass is 79.9. The van der Waals surface area contributed by atoms with E-state index in [-0.39, 0.29) is 5.75 Å². The van der Waals surface area contributed by atoms with Gasteiger partial charge in [0.1, 0.15) is 0 Å². The van der Waals surface area contributed by atoms with E-state index in [1.54, 1.807) is 18.2 Å². The summed E-state index contributed by atoms with van der Waals surface area (Å²) in [4.78, 5) is 0.385. The number of halogens is 1. The lowest BCUT2D eigenvalue weighted by atomic mass is 10.4. The molecule has 0 saturated heterocycles. The Labute approximate surface area is 112 Å². The minimum Gasteiger partial charge on any atom is -0.317 e. The molecule has 0 amide bonds. The molecule has 0 fully saturated rings. The first-order chi connectivity index (χ1) is 8.08. The van der Waals surface area contributed by atoms with E-state index in [0.29, 0.717) is 15.8 Å². The van der Waals surface area contributed by atoms with E-state index in [2.05, 4.69) is 28.2 Å². The molecular weight excluding hydrogens is 302 g/mol. The number of benzene rings is 1. The first kappa shape index (κ1) is 14.7. The summed E-state index contributed by atoms with van der Waals surface area (Å²) in [5.41, 5.74) is 0. The molecule has 0 aliphatic rings. The number of nitrogens with one attached hydrogen (secondary N) is 1. The van der Waals surface area contributed by atoms with Crippen LogP contribution in [-0.2, 0) is 9.84 Å². The van der Waals surface area contributed by atoms with Crippen LogP contribution < -0.4 is 5.32 Å². The number of hydrogen-bond acceptors (Lipinski definition) is 3. The van der Waals surface area contributed by atoms with Crippen LogP contribution in [0.4, 0.5) is 0 Å². The lowest BCUT2D eigenvalue weighted by Gasteiger charge is -2.07. The summed E-state index contributed by atoms with van der Waals surface area (Å²) in [6.07, 6.45) is 1.71. The summed E-state index contributed by atoms with van der Waals surface area (Å²) >= 11 is 3.27. The molecule has 0 aromatic heterocycles. The first-order valence-corrected chi connectivity index (χ1v) is 8.20. The van der Waals surface area contributed by atoms with Crippen molar-refractivity contribution in [3.05, 3.63) is 28.7 Å². The van der Waals surface area contributed by atoms with Gasteiger partial charge in [-0.2, -0.15) is 0 Å². The maximum atomic E-state index is 12.0. The van der Waals surface area contributed by atoms with Crippen molar-refractivity contribution in [1.29, 1.82) is 0 Å². The van der Waals surface area contributed by atoms with E-state index >= 15 is 0 Å². The summed E-state index contributed by atoms with van der Waals surface area (Å²) in [5.74, 6) is 0.187. The fraction of sp³-hybridized carbons (Fsp3) is 0.500. The SMILES string of the molecule is CCCNCCCS(=O)(=O)c1ccccc1Br. The Bertz CT molecular complexity index is 446. The van der Waals surface area contributed by atoms with Crippen molar-refractivity contribution in [3.8, 4) is 0 Å². The van der Waals surface area contributed by atoms with E-state index in [4.69, 9.17) is 0 Å². The normalized spacial score (nSPS) is 11.6. The van der Waals surface area contributed by atoms with Crippen molar-refractivity contribution in [1.82, 2.24) is 5.32 Å². The summed E-state index contributed by atoms with van der Waals surface area (Å²) in [7, 11) is -3.17. The van der Waals surface area contributed by atoms with Crippen molar-refractivity contribution in [2.75, 3.05) is 18.8 Å². The van der Waals surface area contributed by atoms with Gasteiger partial charge in [-0.1, -0.05) is 19.1 Å². The van der Waals surface area contributed by atoms with Gasteiger partial charge < -0.3 is 5.32 Å². The Hall–Kier alpha value is -0.390. The maximum Gasteiger partial charge on any atom is 0.179 e. The number of sulfone groups is 1. The Balaban J connectivity index is 2.55. The molecule has 0 saturated carbocycles. The largest absolute Gasteiger partial charge is 0.317 e. The zero-order chi connectivity index (χ0) is 12.7. The smallest absolute Gasteiger partial charge is 0.179 e. The molecule has 0 heterocycles. The average molecular weight is 320 g/mol. The van der Waals surface area contributed by atoms with Crippen molar-refractivity contribution >= 4 is 25.8 Å². The van der Waals surface area contributed by atoms with E-state index < -0.39 is 9.84 Å². The van der Waals surface area contributed by atoms with E-state index in [1.165, 1.54) is 0 Å². The molecule has 0 atom stereocenters. The molecule has 0 aliphatic heterocycles. The van der Waals surface area contributed by atoms with Crippen molar-refractivity contribution < 1.29 is 8.42 Å². The molecule has 17 heavy (non-hydrogen) atoms. The third-order valence-corrected chi connectivity index (χ3v) is 5.17. The zero-order valence-corrected chi connectivity index (χ0v) is 12.4. The Morgan fingerprint density at radius 3 is 2.59 bits per heavy atom. The van der Waals surface area contributed by atoms with Crippen LogP contribution in [0.25, 0.3) is 0 Å². The Kier molecular flexibility index (Phi) is 6.16. The predicted octanol–water partition coefficient (Wildman–Crippen LogP) is 2.61. The van der Waals surface area contributed by atoms with Crippen LogP contribution in [0, 0.1) is 0 Å². The van der Waals surface area contributed by atoms with Gasteiger partial charge >= 0.3 is 0 Å². The first-order valence-electron chi connectivity index (χ1n) is 5.76. The van der Waals surface area contributed by atoms with Crippen LogP contribution in [0.15, 0.2) is 33.6 Å². The topological polar surface area (TPSA) is 46.2 Å². The van der Waals surface area contributed by atoms with Gasteiger partial charge in [0.05, 0.1) is 10.6 Å². The Morgan fingerprint density at radius 2 is 1.94 bits per heavy atom. The average Bonchev–Trinajstić information content (AvgIpc) is 2.29. The van der Waals surface area contributed by atoms with E-state index in [1.807, 2.05) is 6.07 Å². The van der Waals surface area contributed by atoms with Gasteiger partial charge in [-0.3, -0.25) is 0 Å². The molecule has 3 nitrogen and oxygen atoms in total. The molecule has 1 aromatic carbocycles. The molecule has 96 valence electrons. The fourth-order valence-corrected chi connectivity index (χ4v) is 3.92. The van der Waals surface area contributed by atoms with Crippen molar-refractivity contribution in [2.45, 2.75) is 24.7 Å². The highest BCUT2D eigenvalue weighted by Gasteiger charge is 2.16. The van der Waals surface area contributed by atoms with Crippen molar-refractivity contribution in [3.63, 3.8) is 0 Å². The molecule has 0 unspecified atom stereocenters. The van der Waals surface area contributed by atoms with E-state index in [0.717, 1.165) is 19.5 Å². The Morgan fingerprint density at radius 1 is 1.24 bits per heavy atom. The monoisotopic (exact) mass is 319 g/mol. The minimum absolute atomic E-state index is 0.187. The predicted molar refractivity (Wildman–Crippen MR) is 74.0 cm³/mol. The molecule has 0 spiro atoms. The van der Waals surface area contributed by atoms with Crippen LogP contribution in [0.1, 0.15) is 19.8 Å². The van der Waals surface area contributed by atoms with Gasteiger partial charge in [-0.25, -0.2) is 8.42 Å². The second-order valence-electron chi connectivity index (χ2n) is 3.85. The molecule has 5 heteroatoms. The van der Waals surface area contributed by atoms with Gasteiger partial charge in [0, 0.05) is 4.47 Å². The second-order valence-corrected chi connectivity index (χ2v) is 6.78. The van der Waals surface area contributed by atoms with Crippen LogP contribution in [-0.4, -0.2) is 27.3 Å². The van der Waals surface area contributed by atoms with Gasteiger partial charge in [-0.05, 0) is 54.0 Å². The highest BCUT2D eigenvalue weighted by Crippen LogP contribution is 2.22. The fourth-order valence-electron chi connectivity index (χ4n) is 1.50. The maximum absolute atomic E-state index is 12.0. The summed E-state index contributed by atoms with van der Waals surface area (Å²) in [6.45, 7) is 3.78. The van der Waals surface area contributed by atoms with Crippen LogP contribution in [0.3, 0.4) is 0 Å². The van der Waals surface area contributed by atoms with Crippen LogP contribution in [0.5, 0.6) is 0 Å². The second kappa shape index (κ2) is 7.13. The molecule has 1 rings (SSSR count). The number of rotatable bonds is 7. The quantitative estimate of drug-likeness (QED) is 0.786. The van der Waals surface area contributed by atoms with Gasteiger partial charge in [0.2, 0.25) is 0 Å². The number of hydrogen-bond donors (Lipinski definition) is 1. The van der Waals surface area contributed by atoms with Crippen molar-refractivity contribution in [2.24, 2.45) is 0 Å². The van der Waals surface area contributed by atoms with E-state index in [9.17, 15) is 8.42 Å². The summed E-state index contributed by atoms with van der Waals surface area (Å²) in [6, 6.07) is 6.94. The summed E-state index contributed by atoms with van der Waals surface area (Å²) in [5, 5.41) is 3.20. The molecule has 0 bridgehead atoms. The van der Waals surface area contributed by atoms with Gasteiger partial charge in [-0.15, -0.1) is 0 Å². The zero-order valence-electron chi connectivity index (χ0n) is 9.95. The van der Waals surface area contributed by atoms with Gasteiger partial charge in [0.15, 0.2) is 9.84 Å². The third-order valence-electron chi connectivity index (χ3n) is 2.37. The lowest BCUT2D eigenvalue weighted by Crippen LogP contribution is -2.19. The molecular formula is C12H18BrNO2S. The lowest BCUT2D eigenvalue weighted by molar-refractivity contribution is 0.588. The molecule has 1 aromatic rings. The molecule has 0 radical (unpaired) electrons. The molecule has 1 N–H and O–H groups in total. The van der Waals surface area contributed by atoms with Gasteiger partial charge in [0.25, 0.3) is 0 Å². The highest BCUT2D eigenvalue weighted by molar-refractivity contribution is 9.10. The van der Waals surface area contributed by atoms with Crippen LogP contribution >= 0.6 is 15.9 Å². The minimum atomic E-state index is -3.17. The summed E-state index contributed by atoms with van der Waals surface area (Å²) < 4.78 is 24.7. The third kappa shape index (κ3) is 4.77. The molecule has 0 aliphatic carbocycles.